The van der Waals surface area contributed by atoms with Crippen LogP contribution >= 0.6 is 23.2 Å². The van der Waals surface area contributed by atoms with Crippen molar-refractivity contribution >= 4 is 50.7 Å². The second-order valence-electron chi connectivity index (χ2n) is 9.35. The Bertz CT molecular complexity index is 1420. The van der Waals surface area contributed by atoms with Crippen LogP contribution in [-0.2, 0) is 32.6 Å². The number of nitrogens with one attached hydrogen (secondary N) is 1. The predicted octanol–water partition coefficient (Wildman–Crippen LogP) is 5.06. The molecule has 208 valence electrons. The summed E-state index contributed by atoms with van der Waals surface area (Å²) in [5.41, 5.74) is 1.41. The maximum Gasteiger partial charge on any atom is 0.244 e. The van der Waals surface area contributed by atoms with Crippen LogP contribution in [0.15, 0.2) is 72.8 Å². The summed E-state index contributed by atoms with van der Waals surface area (Å²) in [6.07, 6.45) is 1.11. The number of halogens is 3. The zero-order valence-corrected chi connectivity index (χ0v) is 24.1. The van der Waals surface area contributed by atoms with Crippen LogP contribution in [0.5, 0.6) is 0 Å². The molecule has 1 atom stereocenters. The largest absolute Gasteiger partial charge is 0.352 e. The Balaban J connectivity index is 2.08. The van der Waals surface area contributed by atoms with Crippen LogP contribution in [0.2, 0.25) is 10.0 Å². The topological polar surface area (TPSA) is 86.8 Å². The Morgan fingerprint density at radius 1 is 0.949 bits per heavy atom. The van der Waals surface area contributed by atoms with E-state index in [2.05, 4.69) is 5.32 Å². The minimum absolute atomic E-state index is 0.0150. The van der Waals surface area contributed by atoms with Crippen molar-refractivity contribution in [3.05, 3.63) is 99.8 Å². The molecule has 1 N–H and O–H groups in total. The molecule has 3 aromatic carbocycles. The van der Waals surface area contributed by atoms with Crippen molar-refractivity contribution in [3.8, 4) is 0 Å². The van der Waals surface area contributed by atoms with E-state index in [1.807, 2.05) is 30.3 Å². The van der Waals surface area contributed by atoms with Gasteiger partial charge < -0.3 is 10.2 Å². The standard InChI is InChI=1S/C28H30Cl2FN3O4S/c1-19(2)32-28(36)26(15-20-9-5-4-6-10-20)33(17-21-11-7-8-12-23(21)29)27(35)18-34(39(3,37)38)22-13-14-25(31)24(30)16-22/h4-14,16,19,26H,15,17-18H2,1-3H3,(H,32,36). The number of nitrogens with zero attached hydrogens (tertiary/aromatic N) is 2. The van der Waals surface area contributed by atoms with E-state index >= 15 is 0 Å². The molecule has 0 fully saturated rings. The van der Waals surface area contributed by atoms with Gasteiger partial charge in [0.1, 0.15) is 18.4 Å². The van der Waals surface area contributed by atoms with Crippen LogP contribution in [0.25, 0.3) is 0 Å². The van der Waals surface area contributed by atoms with Gasteiger partial charge >= 0.3 is 0 Å². The van der Waals surface area contributed by atoms with E-state index in [0.29, 0.717) is 10.6 Å². The molecule has 7 nitrogen and oxygen atoms in total. The first-order valence-electron chi connectivity index (χ1n) is 12.2. The maximum atomic E-state index is 14.0. The Labute approximate surface area is 238 Å². The zero-order chi connectivity index (χ0) is 28.7. The molecule has 0 bridgehead atoms. The first-order chi connectivity index (χ1) is 18.4. The van der Waals surface area contributed by atoms with E-state index in [0.717, 1.165) is 28.3 Å². The molecule has 0 aliphatic carbocycles. The molecular weight excluding hydrogens is 564 g/mol. The number of amides is 2. The van der Waals surface area contributed by atoms with Gasteiger partial charge in [-0.2, -0.15) is 0 Å². The number of hydrogen-bond donors (Lipinski definition) is 1. The lowest BCUT2D eigenvalue weighted by Crippen LogP contribution is -2.54. The van der Waals surface area contributed by atoms with Crippen LogP contribution in [0.3, 0.4) is 0 Å². The Kier molecular flexibility index (Phi) is 10.4. The number of sulfonamides is 1. The smallest absolute Gasteiger partial charge is 0.244 e. The monoisotopic (exact) mass is 593 g/mol. The van der Waals surface area contributed by atoms with E-state index in [1.54, 1.807) is 38.1 Å². The first kappa shape index (κ1) is 30.4. The van der Waals surface area contributed by atoms with Gasteiger partial charge in [0.15, 0.2) is 0 Å². The highest BCUT2D eigenvalue weighted by Gasteiger charge is 2.33. The van der Waals surface area contributed by atoms with Gasteiger partial charge in [-0.3, -0.25) is 13.9 Å². The first-order valence-corrected chi connectivity index (χ1v) is 14.8. The molecule has 39 heavy (non-hydrogen) atoms. The van der Waals surface area contributed by atoms with Crippen molar-refractivity contribution < 1.29 is 22.4 Å². The molecule has 0 heterocycles. The second kappa shape index (κ2) is 13.3. The van der Waals surface area contributed by atoms with Crippen LogP contribution in [0, 0.1) is 5.82 Å². The van der Waals surface area contributed by atoms with Crippen LogP contribution in [-0.4, -0.2) is 50.0 Å². The summed E-state index contributed by atoms with van der Waals surface area (Å²) in [6.45, 7) is 2.91. The Morgan fingerprint density at radius 2 is 1.59 bits per heavy atom. The third kappa shape index (κ3) is 8.42. The molecule has 0 aliphatic heterocycles. The normalized spacial score (nSPS) is 12.2. The molecule has 2 amide bonds. The number of hydrogen-bond acceptors (Lipinski definition) is 4. The number of carbonyl (C=O) groups is 2. The fourth-order valence-corrected chi connectivity index (χ4v) is 5.21. The van der Waals surface area contributed by atoms with Crippen molar-refractivity contribution in [2.24, 2.45) is 0 Å². The fourth-order valence-electron chi connectivity index (χ4n) is 4.00. The van der Waals surface area contributed by atoms with Crippen LogP contribution in [0.4, 0.5) is 10.1 Å². The van der Waals surface area contributed by atoms with Crippen LogP contribution in [0.1, 0.15) is 25.0 Å². The average Bonchev–Trinajstić information content (AvgIpc) is 2.87. The number of anilines is 1. The molecule has 0 radical (unpaired) electrons. The van der Waals surface area contributed by atoms with Crippen molar-refractivity contribution in [1.29, 1.82) is 0 Å². The summed E-state index contributed by atoms with van der Waals surface area (Å²) in [5.74, 6) is -1.78. The van der Waals surface area contributed by atoms with E-state index in [1.165, 1.54) is 11.0 Å². The van der Waals surface area contributed by atoms with E-state index in [-0.39, 0.29) is 29.7 Å². The number of carbonyl (C=O) groups excluding carboxylic acids is 2. The van der Waals surface area contributed by atoms with Gasteiger partial charge in [-0.25, -0.2) is 12.8 Å². The molecule has 1 unspecified atom stereocenters. The number of benzene rings is 3. The quantitative estimate of drug-likeness (QED) is 0.336. The van der Waals surface area contributed by atoms with Gasteiger partial charge in [-0.15, -0.1) is 0 Å². The van der Waals surface area contributed by atoms with Gasteiger partial charge in [0.25, 0.3) is 0 Å². The average molecular weight is 595 g/mol. The van der Waals surface area contributed by atoms with E-state index in [9.17, 15) is 22.4 Å². The highest BCUT2D eigenvalue weighted by molar-refractivity contribution is 7.92. The summed E-state index contributed by atoms with van der Waals surface area (Å²) >= 11 is 12.3. The van der Waals surface area contributed by atoms with Gasteiger partial charge in [-0.1, -0.05) is 71.7 Å². The van der Waals surface area contributed by atoms with Crippen molar-refractivity contribution in [2.45, 2.75) is 38.9 Å². The minimum atomic E-state index is -4.00. The third-order valence-corrected chi connectivity index (χ3v) is 7.67. The highest BCUT2D eigenvalue weighted by atomic mass is 35.5. The summed E-state index contributed by atoms with van der Waals surface area (Å²) in [7, 11) is -4.00. The number of rotatable bonds is 11. The lowest BCUT2D eigenvalue weighted by molar-refractivity contribution is -0.140. The van der Waals surface area contributed by atoms with Gasteiger partial charge in [-0.05, 0) is 49.2 Å². The third-order valence-electron chi connectivity index (χ3n) is 5.87. The second-order valence-corrected chi connectivity index (χ2v) is 12.1. The van der Waals surface area contributed by atoms with Crippen molar-refractivity contribution in [3.63, 3.8) is 0 Å². The van der Waals surface area contributed by atoms with Crippen molar-refractivity contribution in [2.75, 3.05) is 17.1 Å². The molecule has 11 heteroatoms. The zero-order valence-electron chi connectivity index (χ0n) is 21.8. The molecule has 3 aromatic rings. The summed E-state index contributed by atoms with van der Waals surface area (Å²) in [6, 6.07) is 18.3. The highest BCUT2D eigenvalue weighted by Crippen LogP contribution is 2.26. The Morgan fingerprint density at radius 3 is 2.18 bits per heavy atom. The van der Waals surface area contributed by atoms with Gasteiger partial charge in [0.2, 0.25) is 21.8 Å². The molecule has 3 rings (SSSR count). The lowest BCUT2D eigenvalue weighted by Gasteiger charge is -2.34. The summed E-state index contributed by atoms with van der Waals surface area (Å²) < 4.78 is 40.2. The maximum absolute atomic E-state index is 14.0. The summed E-state index contributed by atoms with van der Waals surface area (Å²) in [4.78, 5) is 28.8. The fraction of sp³-hybridized carbons (Fsp3) is 0.286. The predicted molar refractivity (Wildman–Crippen MR) is 153 cm³/mol. The van der Waals surface area contributed by atoms with E-state index < -0.39 is 40.2 Å². The minimum Gasteiger partial charge on any atom is -0.352 e. The van der Waals surface area contributed by atoms with E-state index in [4.69, 9.17) is 23.2 Å². The lowest BCUT2D eigenvalue weighted by atomic mass is 10.0. The molecule has 0 aromatic heterocycles. The van der Waals surface area contributed by atoms with Gasteiger partial charge in [0, 0.05) is 24.0 Å². The SMILES string of the molecule is CC(C)NC(=O)C(Cc1ccccc1)N(Cc1ccccc1Cl)C(=O)CN(c1ccc(F)c(Cl)c1)S(C)(=O)=O. The van der Waals surface area contributed by atoms with Crippen LogP contribution < -0.4 is 9.62 Å². The molecule has 0 saturated carbocycles. The van der Waals surface area contributed by atoms with Gasteiger partial charge in [0.05, 0.1) is 17.0 Å². The van der Waals surface area contributed by atoms with Crippen molar-refractivity contribution in [1.82, 2.24) is 10.2 Å². The molecule has 0 saturated heterocycles. The molecular formula is C28H30Cl2FN3O4S. The molecule has 0 spiro atoms. The Hall–Kier alpha value is -3.14. The summed E-state index contributed by atoms with van der Waals surface area (Å²) in [5, 5.41) is 2.97. The molecule has 0 aliphatic rings.